The summed E-state index contributed by atoms with van der Waals surface area (Å²) in [4.78, 5) is 36.4. The number of aromatic nitrogens is 2. The van der Waals surface area contributed by atoms with Crippen molar-refractivity contribution in [3.8, 4) is 0 Å². The van der Waals surface area contributed by atoms with Crippen molar-refractivity contribution >= 4 is 17.9 Å². The minimum atomic E-state index is -0.723. The van der Waals surface area contributed by atoms with Crippen molar-refractivity contribution in [2.45, 2.75) is 45.6 Å². The topological polar surface area (TPSA) is 98.7 Å². The van der Waals surface area contributed by atoms with E-state index in [0.717, 1.165) is 30.2 Å². The van der Waals surface area contributed by atoms with Gasteiger partial charge in [0.15, 0.2) is 0 Å². The molecule has 8 nitrogen and oxygen atoms in total. The van der Waals surface area contributed by atoms with E-state index in [1.165, 1.54) is 0 Å². The zero-order chi connectivity index (χ0) is 18.7. The van der Waals surface area contributed by atoms with Crippen molar-refractivity contribution < 1.29 is 14.7 Å². The molecule has 142 valence electrons. The number of carbonyl (C=O) groups is 2. The first-order chi connectivity index (χ1) is 12.4. The van der Waals surface area contributed by atoms with E-state index in [1.807, 2.05) is 24.8 Å². The third-order valence-corrected chi connectivity index (χ3v) is 5.22. The number of urea groups is 1. The summed E-state index contributed by atoms with van der Waals surface area (Å²) in [7, 11) is 0. The Morgan fingerprint density at radius 1 is 1.04 bits per heavy atom. The van der Waals surface area contributed by atoms with Gasteiger partial charge in [-0.3, -0.25) is 4.79 Å². The van der Waals surface area contributed by atoms with Crippen LogP contribution in [0, 0.1) is 19.8 Å². The lowest BCUT2D eigenvalue weighted by Crippen LogP contribution is -2.54. The smallest absolute Gasteiger partial charge is 0.317 e. The van der Waals surface area contributed by atoms with Gasteiger partial charge >= 0.3 is 12.0 Å². The predicted octanol–water partition coefficient (Wildman–Crippen LogP) is 1.57. The summed E-state index contributed by atoms with van der Waals surface area (Å²) in [6.07, 6.45) is 2.74. The van der Waals surface area contributed by atoms with Crippen LogP contribution in [0.5, 0.6) is 0 Å². The van der Waals surface area contributed by atoms with Gasteiger partial charge in [-0.05, 0) is 45.6 Å². The number of piperazine rings is 1. The van der Waals surface area contributed by atoms with Gasteiger partial charge in [-0.1, -0.05) is 0 Å². The molecule has 2 heterocycles. The number of anilines is 1. The van der Waals surface area contributed by atoms with E-state index in [2.05, 4.69) is 20.2 Å². The third kappa shape index (κ3) is 4.42. The van der Waals surface area contributed by atoms with Crippen molar-refractivity contribution in [2.75, 3.05) is 31.1 Å². The zero-order valence-corrected chi connectivity index (χ0v) is 15.4. The van der Waals surface area contributed by atoms with Gasteiger partial charge in [0.25, 0.3) is 0 Å². The molecular weight excluding hydrogens is 334 g/mol. The number of hydrogen-bond acceptors (Lipinski definition) is 5. The number of nitrogens with one attached hydrogen (secondary N) is 1. The molecule has 2 fully saturated rings. The molecule has 1 saturated heterocycles. The maximum absolute atomic E-state index is 12.5. The van der Waals surface area contributed by atoms with Crippen LogP contribution in [0.2, 0.25) is 0 Å². The summed E-state index contributed by atoms with van der Waals surface area (Å²) in [5.41, 5.74) is 1.90. The summed E-state index contributed by atoms with van der Waals surface area (Å²) in [5, 5.41) is 12.1. The average molecular weight is 361 g/mol. The molecule has 0 aromatic carbocycles. The highest BCUT2D eigenvalue weighted by Gasteiger charge is 2.29. The van der Waals surface area contributed by atoms with Crippen LogP contribution in [0.4, 0.5) is 10.7 Å². The highest BCUT2D eigenvalue weighted by atomic mass is 16.4. The molecule has 1 aromatic rings. The quantitative estimate of drug-likeness (QED) is 0.848. The number of nitrogens with zero attached hydrogens (tertiary/aromatic N) is 4. The molecule has 26 heavy (non-hydrogen) atoms. The summed E-state index contributed by atoms with van der Waals surface area (Å²) >= 11 is 0. The van der Waals surface area contributed by atoms with Gasteiger partial charge in [-0.25, -0.2) is 14.8 Å². The Morgan fingerprint density at radius 3 is 2.15 bits per heavy atom. The first-order valence-corrected chi connectivity index (χ1v) is 9.28. The van der Waals surface area contributed by atoms with Crippen molar-refractivity contribution in [3.05, 3.63) is 17.5 Å². The van der Waals surface area contributed by atoms with E-state index in [0.29, 0.717) is 39.0 Å². The van der Waals surface area contributed by atoms with Gasteiger partial charge < -0.3 is 20.2 Å². The molecule has 0 atom stereocenters. The zero-order valence-electron chi connectivity index (χ0n) is 15.4. The van der Waals surface area contributed by atoms with Crippen molar-refractivity contribution in [1.29, 1.82) is 0 Å². The van der Waals surface area contributed by atoms with Crippen LogP contribution in [-0.2, 0) is 4.79 Å². The van der Waals surface area contributed by atoms with Crippen molar-refractivity contribution in [1.82, 2.24) is 20.2 Å². The molecule has 1 aliphatic carbocycles. The lowest BCUT2D eigenvalue weighted by atomic mass is 9.86. The Balaban J connectivity index is 1.47. The maximum atomic E-state index is 12.5. The predicted molar refractivity (Wildman–Crippen MR) is 97.2 cm³/mol. The highest BCUT2D eigenvalue weighted by molar-refractivity contribution is 5.75. The van der Waals surface area contributed by atoms with Crippen LogP contribution in [0.15, 0.2) is 6.07 Å². The fourth-order valence-electron chi connectivity index (χ4n) is 3.71. The van der Waals surface area contributed by atoms with E-state index >= 15 is 0 Å². The lowest BCUT2D eigenvalue weighted by molar-refractivity contribution is -0.142. The summed E-state index contributed by atoms with van der Waals surface area (Å²) in [6, 6.07) is 1.98. The van der Waals surface area contributed by atoms with Gasteiger partial charge in [0.05, 0.1) is 5.92 Å². The molecule has 2 amide bonds. The van der Waals surface area contributed by atoms with Crippen LogP contribution in [0.3, 0.4) is 0 Å². The number of amides is 2. The standard InChI is InChI=1S/C18H27N5O3/c1-12-11-13(2)20-17(19-12)22-7-9-23(10-8-22)18(26)21-15-5-3-14(4-6-15)16(24)25/h11,14-15H,3-10H2,1-2H3,(H,21,26)(H,24,25). The molecule has 0 spiro atoms. The Morgan fingerprint density at radius 2 is 1.62 bits per heavy atom. The van der Waals surface area contributed by atoms with Crippen LogP contribution in [-0.4, -0.2) is 64.2 Å². The van der Waals surface area contributed by atoms with Gasteiger partial charge in [0.2, 0.25) is 5.95 Å². The van der Waals surface area contributed by atoms with Crippen LogP contribution in [0.25, 0.3) is 0 Å². The Labute approximate surface area is 153 Å². The normalized spacial score (nSPS) is 23.6. The fourth-order valence-corrected chi connectivity index (χ4v) is 3.71. The molecule has 2 aliphatic rings. The molecule has 8 heteroatoms. The number of rotatable bonds is 3. The molecule has 0 radical (unpaired) electrons. The van der Waals surface area contributed by atoms with Crippen LogP contribution >= 0.6 is 0 Å². The second-order valence-corrected chi connectivity index (χ2v) is 7.26. The second-order valence-electron chi connectivity index (χ2n) is 7.26. The fraction of sp³-hybridized carbons (Fsp3) is 0.667. The minimum absolute atomic E-state index is 0.0511. The summed E-state index contributed by atoms with van der Waals surface area (Å²) in [5.74, 6) is -0.251. The monoisotopic (exact) mass is 361 g/mol. The lowest BCUT2D eigenvalue weighted by Gasteiger charge is -2.36. The number of hydrogen-bond donors (Lipinski definition) is 2. The van der Waals surface area contributed by atoms with Crippen molar-refractivity contribution in [2.24, 2.45) is 5.92 Å². The number of carboxylic acids is 1. The molecule has 2 N–H and O–H groups in total. The minimum Gasteiger partial charge on any atom is -0.481 e. The number of aliphatic carboxylic acids is 1. The molecule has 1 aliphatic heterocycles. The average Bonchev–Trinajstić information content (AvgIpc) is 2.61. The highest BCUT2D eigenvalue weighted by Crippen LogP contribution is 2.24. The Hall–Kier alpha value is -2.38. The van der Waals surface area contributed by atoms with Crippen LogP contribution < -0.4 is 10.2 Å². The molecule has 1 aromatic heterocycles. The van der Waals surface area contributed by atoms with Gasteiger partial charge in [0, 0.05) is 43.6 Å². The molecule has 0 bridgehead atoms. The molecule has 3 rings (SSSR count). The van der Waals surface area contributed by atoms with E-state index in [9.17, 15) is 9.59 Å². The van der Waals surface area contributed by atoms with Gasteiger partial charge in [-0.15, -0.1) is 0 Å². The van der Waals surface area contributed by atoms with E-state index in [-0.39, 0.29) is 18.0 Å². The third-order valence-electron chi connectivity index (χ3n) is 5.22. The van der Waals surface area contributed by atoms with Crippen molar-refractivity contribution in [3.63, 3.8) is 0 Å². The van der Waals surface area contributed by atoms with E-state index < -0.39 is 5.97 Å². The van der Waals surface area contributed by atoms with Gasteiger partial charge in [0.1, 0.15) is 0 Å². The van der Waals surface area contributed by atoms with E-state index in [4.69, 9.17) is 5.11 Å². The summed E-state index contributed by atoms with van der Waals surface area (Å²) in [6.45, 7) is 6.60. The largest absolute Gasteiger partial charge is 0.481 e. The molecular formula is C18H27N5O3. The molecule has 1 saturated carbocycles. The first kappa shape index (κ1) is 18.4. The van der Waals surface area contributed by atoms with Crippen LogP contribution in [0.1, 0.15) is 37.1 Å². The SMILES string of the molecule is Cc1cc(C)nc(N2CCN(C(=O)NC3CCC(C(=O)O)CC3)CC2)n1. The summed E-state index contributed by atoms with van der Waals surface area (Å²) < 4.78 is 0. The number of carboxylic acid groups (broad SMARTS) is 1. The Kier molecular flexibility index (Phi) is 5.58. The van der Waals surface area contributed by atoms with Gasteiger partial charge in [-0.2, -0.15) is 0 Å². The Bertz CT molecular complexity index is 645. The molecule has 0 unspecified atom stereocenters. The van der Waals surface area contributed by atoms with E-state index in [1.54, 1.807) is 0 Å². The first-order valence-electron chi connectivity index (χ1n) is 9.28. The maximum Gasteiger partial charge on any atom is 0.317 e. The number of aryl methyl sites for hydroxylation is 2. The number of carbonyl (C=O) groups excluding carboxylic acids is 1. The second kappa shape index (κ2) is 7.88.